The highest BCUT2D eigenvalue weighted by Crippen LogP contribution is 2.25. The number of nitrogens with one attached hydrogen (secondary N) is 1. The molecule has 4 nitrogen and oxygen atoms in total. The summed E-state index contributed by atoms with van der Waals surface area (Å²) in [6.07, 6.45) is 4.99. The molecule has 1 heterocycles. The number of thiazole rings is 1. The highest BCUT2D eigenvalue weighted by atomic mass is 32.1. The van der Waals surface area contributed by atoms with Crippen molar-refractivity contribution in [3.8, 4) is 0 Å². The van der Waals surface area contributed by atoms with Crippen molar-refractivity contribution in [2.45, 2.75) is 25.3 Å². The van der Waals surface area contributed by atoms with E-state index < -0.39 is 5.97 Å². The Morgan fingerprint density at radius 2 is 2.46 bits per heavy atom. The quantitative estimate of drug-likeness (QED) is 0.777. The first-order valence-electron chi connectivity index (χ1n) is 4.21. The van der Waals surface area contributed by atoms with E-state index in [1.807, 2.05) is 0 Å². The lowest BCUT2D eigenvalue weighted by atomic mass is 9.93. The van der Waals surface area contributed by atoms with E-state index >= 15 is 0 Å². The molecule has 0 radical (unpaired) electrons. The Morgan fingerprint density at radius 3 is 2.92 bits per heavy atom. The van der Waals surface area contributed by atoms with E-state index in [-0.39, 0.29) is 0 Å². The van der Waals surface area contributed by atoms with Crippen LogP contribution in [0.25, 0.3) is 0 Å². The van der Waals surface area contributed by atoms with Gasteiger partial charge in [0.1, 0.15) is 4.88 Å². The van der Waals surface area contributed by atoms with Gasteiger partial charge in [-0.05, 0) is 19.3 Å². The first-order chi connectivity index (χ1) is 6.25. The average molecular weight is 198 g/mol. The second-order valence-corrected chi connectivity index (χ2v) is 4.14. The number of carboxylic acids is 1. The van der Waals surface area contributed by atoms with Crippen LogP contribution in [0.4, 0.5) is 5.13 Å². The summed E-state index contributed by atoms with van der Waals surface area (Å²) in [7, 11) is 0. The van der Waals surface area contributed by atoms with Gasteiger partial charge in [-0.15, -0.1) is 0 Å². The highest BCUT2D eigenvalue weighted by molar-refractivity contribution is 7.17. The zero-order valence-corrected chi connectivity index (χ0v) is 7.80. The molecule has 2 N–H and O–H groups in total. The third kappa shape index (κ3) is 1.80. The summed E-state index contributed by atoms with van der Waals surface area (Å²) in [4.78, 5) is 14.8. The Morgan fingerprint density at radius 1 is 1.69 bits per heavy atom. The van der Waals surface area contributed by atoms with Crippen molar-refractivity contribution in [1.82, 2.24) is 4.98 Å². The van der Waals surface area contributed by atoms with E-state index in [2.05, 4.69) is 10.3 Å². The number of nitrogens with zero attached hydrogens (tertiary/aromatic N) is 1. The standard InChI is InChI=1S/C8H10N2O2S/c11-7(12)6-4-9-8(13-6)10-5-2-1-3-5/h4-5H,1-3H2,(H,9,10)(H,11,12). The van der Waals surface area contributed by atoms with Gasteiger partial charge < -0.3 is 10.4 Å². The lowest BCUT2D eigenvalue weighted by Gasteiger charge is -2.25. The van der Waals surface area contributed by atoms with Crippen molar-refractivity contribution in [2.75, 3.05) is 5.32 Å². The largest absolute Gasteiger partial charge is 0.477 e. The molecule has 1 saturated carbocycles. The number of aromatic nitrogens is 1. The van der Waals surface area contributed by atoms with Crippen LogP contribution in [0.2, 0.25) is 0 Å². The van der Waals surface area contributed by atoms with Crippen LogP contribution in [0.3, 0.4) is 0 Å². The number of anilines is 1. The topological polar surface area (TPSA) is 62.2 Å². The summed E-state index contributed by atoms with van der Waals surface area (Å²) in [5.41, 5.74) is 0. The lowest BCUT2D eigenvalue weighted by Crippen LogP contribution is -2.26. The summed E-state index contributed by atoms with van der Waals surface area (Å²) >= 11 is 1.20. The van der Waals surface area contributed by atoms with E-state index in [0.29, 0.717) is 10.9 Å². The van der Waals surface area contributed by atoms with Gasteiger partial charge in [-0.1, -0.05) is 11.3 Å². The smallest absolute Gasteiger partial charge is 0.347 e. The summed E-state index contributed by atoms with van der Waals surface area (Å²) in [6, 6.07) is 0.507. The zero-order chi connectivity index (χ0) is 9.26. The fourth-order valence-corrected chi connectivity index (χ4v) is 1.90. The first-order valence-corrected chi connectivity index (χ1v) is 5.03. The number of aromatic carboxylic acids is 1. The van der Waals surface area contributed by atoms with E-state index in [1.54, 1.807) is 0 Å². The van der Waals surface area contributed by atoms with Crippen LogP contribution in [0.5, 0.6) is 0 Å². The fourth-order valence-electron chi connectivity index (χ4n) is 1.17. The van der Waals surface area contributed by atoms with Crippen LogP contribution in [0, 0.1) is 0 Å². The van der Waals surface area contributed by atoms with Gasteiger partial charge in [-0.2, -0.15) is 0 Å². The van der Waals surface area contributed by atoms with Crippen LogP contribution < -0.4 is 5.32 Å². The molecule has 1 aromatic heterocycles. The number of rotatable bonds is 3. The Kier molecular flexibility index (Phi) is 2.18. The Balaban J connectivity index is 2.00. The third-order valence-corrected chi connectivity index (χ3v) is 3.07. The molecule has 0 spiro atoms. The number of carboxylic acid groups (broad SMARTS) is 1. The second-order valence-electron chi connectivity index (χ2n) is 3.11. The maximum Gasteiger partial charge on any atom is 0.347 e. The van der Waals surface area contributed by atoms with Crippen LogP contribution >= 0.6 is 11.3 Å². The van der Waals surface area contributed by atoms with Crippen molar-refractivity contribution in [3.63, 3.8) is 0 Å². The van der Waals surface area contributed by atoms with Gasteiger partial charge in [-0.25, -0.2) is 9.78 Å². The average Bonchev–Trinajstić information content (AvgIpc) is 2.44. The van der Waals surface area contributed by atoms with Crippen molar-refractivity contribution in [1.29, 1.82) is 0 Å². The number of hydrogen-bond acceptors (Lipinski definition) is 4. The molecular weight excluding hydrogens is 188 g/mol. The predicted molar refractivity (Wildman–Crippen MR) is 50.3 cm³/mol. The Hall–Kier alpha value is -1.10. The summed E-state index contributed by atoms with van der Waals surface area (Å²) < 4.78 is 0. The molecule has 0 amide bonds. The second kappa shape index (κ2) is 3.33. The van der Waals surface area contributed by atoms with Crippen LogP contribution in [-0.4, -0.2) is 22.1 Å². The van der Waals surface area contributed by atoms with Crippen molar-refractivity contribution < 1.29 is 9.90 Å². The SMILES string of the molecule is O=C(O)c1cnc(NC2CCC2)s1. The maximum atomic E-state index is 10.5. The maximum absolute atomic E-state index is 10.5. The Labute approximate surface area is 79.6 Å². The molecule has 1 aliphatic rings. The molecule has 1 fully saturated rings. The van der Waals surface area contributed by atoms with Gasteiger partial charge in [0.2, 0.25) is 0 Å². The van der Waals surface area contributed by atoms with E-state index in [0.717, 1.165) is 5.13 Å². The van der Waals surface area contributed by atoms with Gasteiger partial charge in [0, 0.05) is 6.04 Å². The molecular formula is C8H10N2O2S. The minimum atomic E-state index is -0.904. The molecule has 0 aromatic carbocycles. The van der Waals surface area contributed by atoms with Crippen molar-refractivity contribution in [2.24, 2.45) is 0 Å². The van der Waals surface area contributed by atoms with E-state index in [4.69, 9.17) is 5.11 Å². The normalized spacial score (nSPS) is 16.6. The fraction of sp³-hybridized carbons (Fsp3) is 0.500. The summed E-state index contributed by atoms with van der Waals surface area (Å²) in [6.45, 7) is 0. The van der Waals surface area contributed by atoms with Gasteiger partial charge in [-0.3, -0.25) is 0 Å². The van der Waals surface area contributed by atoms with Crippen LogP contribution in [0.15, 0.2) is 6.20 Å². The minimum Gasteiger partial charge on any atom is -0.477 e. The molecule has 1 aromatic rings. The molecule has 13 heavy (non-hydrogen) atoms. The minimum absolute atomic E-state index is 0.293. The molecule has 2 rings (SSSR count). The molecule has 5 heteroatoms. The molecule has 0 atom stereocenters. The van der Waals surface area contributed by atoms with Crippen LogP contribution in [-0.2, 0) is 0 Å². The molecule has 0 bridgehead atoms. The van der Waals surface area contributed by atoms with Gasteiger partial charge in [0.15, 0.2) is 5.13 Å². The van der Waals surface area contributed by atoms with E-state index in [1.165, 1.54) is 36.8 Å². The monoisotopic (exact) mass is 198 g/mol. The summed E-state index contributed by atoms with van der Waals surface area (Å²) in [5, 5.41) is 12.6. The van der Waals surface area contributed by atoms with Crippen molar-refractivity contribution in [3.05, 3.63) is 11.1 Å². The predicted octanol–water partition coefficient (Wildman–Crippen LogP) is 1.81. The third-order valence-electron chi connectivity index (χ3n) is 2.15. The number of carbonyl (C=O) groups is 1. The van der Waals surface area contributed by atoms with Gasteiger partial charge >= 0.3 is 5.97 Å². The Bertz CT molecular complexity index is 320. The molecule has 0 unspecified atom stereocenters. The van der Waals surface area contributed by atoms with E-state index in [9.17, 15) is 4.79 Å². The molecule has 1 aliphatic carbocycles. The zero-order valence-electron chi connectivity index (χ0n) is 6.99. The first kappa shape index (κ1) is 8.50. The van der Waals surface area contributed by atoms with Gasteiger partial charge in [0.05, 0.1) is 6.20 Å². The molecule has 0 aliphatic heterocycles. The lowest BCUT2D eigenvalue weighted by molar-refractivity contribution is 0.0702. The summed E-state index contributed by atoms with van der Waals surface area (Å²) in [5.74, 6) is -0.904. The van der Waals surface area contributed by atoms with Crippen molar-refractivity contribution >= 4 is 22.4 Å². The number of hydrogen-bond donors (Lipinski definition) is 2. The molecule has 70 valence electrons. The molecule has 0 saturated heterocycles. The highest BCUT2D eigenvalue weighted by Gasteiger charge is 2.18. The van der Waals surface area contributed by atoms with Crippen LogP contribution in [0.1, 0.15) is 28.9 Å². The van der Waals surface area contributed by atoms with Gasteiger partial charge in [0.25, 0.3) is 0 Å².